The van der Waals surface area contributed by atoms with Crippen LogP contribution in [-0.2, 0) is 31.4 Å². The number of nitrogens with one attached hydrogen (secondary N) is 1. The van der Waals surface area contributed by atoms with Crippen molar-refractivity contribution in [2.24, 2.45) is 5.73 Å². The van der Waals surface area contributed by atoms with Gasteiger partial charge in [0.25, 0.3) is 10.1 Å². The summed E-state index contributed by atoms with van der Waals surface area (Å²) in [4.78, 5) is 16.4. The van der Waals surface area contributed by atoms with Crippen LogP contribution in [0.2, 0.25) is 5.02 Å². The van der Waals surface area contributed by atoms with Crippen LogP contribution in [0, 0.1) is 6.92 Å². The topological polar surface area (TPSA) is 160 Å². The second-order valence-electron chi connectivity index (χ2n) is 10.0. The van der Waals surface area contributed by atoms with Crippen LogP contribution < -0.4 is 11.1 Å². The van der Waals surface area contributed by atoms with E-state index in [0.717, 1.165) is 28.7 Å². The molecule has 0 bridgehead atoms. The fourth-order valence-electron chi connectivity index (χ4n) is 4.68. The Morgan fingerprint density at radius 2 is 1.83 bits per heavy atom. The van der Waals surface area contributed by atoms with Crippen molar-refractivity contribution in [1.82, 2.24) is 14.6 Å². The van der Waals surface area contributed by atoms with Gasteiger partial charge < -0.3 is 11.1 Å². The molecule has 1 amide bonds. The molecule has 0 saturated carbocycles. The summed E-state index contributed by atoms with van der Waals surface area (Å²) in [6, 6.07) is 12.5. The van der Waals surface area contributed by atoms with Crippen molar-refractivity contribution < 1.29 is 26.2 Å². The van der Waals surface area contributed by atoms with Crippen molar-refractivity contribution in [3.05, 3.63) is 82.6 Å². The minimum Gasteiger partial charge on any atom is -0.355 e. The Kier molecular flexibility index (Phi) is 11.6. The van der Waals surface area contributed by atoms with E-state index in [-0.39, 0.29) is 18.0 Å². The maximum absolute atomic E-state index is 14.1. The zero-order chi connectivity index (χ0) is 31.1. The number of halogens is 1. The lowest BCUT2D eigenvalue weighted by Crippen LogP contribution is -2.45. The van der Waals surface area contributed by atoms with Gasteiger partial charge in [-0.15, -0.1) is 0 Å². The van der Waals surface area contributed by atoms with Gasteiger partial charge in [0, 0.05) is 36.5 Å². The van der Waals surface area contributed by atoms with E-state index in [1.54, 1.807) is 25.3 Å². The van der Waals surface area contributed by atoms with Gasteiger partial charge in [-0.2, -0.15) is 12.7 Å². The predicted molar refractivity (Wildman–Crippen MR) is 164 cm³/mol. The number of pyridine rings is 1. The molecule has 42 heavy (non-hydrogen) atoms. The van der Waals surface area contributed by atoms with Gasteiger partial charge in [0.2, 0.25) is 15.9 Å². The standard InChI is InChI=1S/C29H37ClN4O6S2/c1-4-22-18-32-15-13-25(22)24-10-7-9-23(17-24)21(3)34(42(39,40)28-12-8-11-26(30)20(28)2)16-6-5-14-33-29(35)27(31)19-41(36,37)38/h7-13,15,17-18,21,27H,4-6,14,16,19,31H2,1-3H3,(H,33,35)(H,36,37,38)/t21-,27-/m0/s1. The smallest absolute Gasteiger partial charge is 0.266 e. The van der Waals surface area contributed by atoms with Gasteiger partial charge in [-0.1, -0.05) is 42.8 Å². The van der Waals surface area contributed by atoms with E-state index in [1.165, 1.54) is 10.4 Å². The molecule has 228 valence electrons. The summed E-state index contributed by atoms with van der Waals surface area (Å²) >= 11 is 6.29. The summed E-state index contributed by atoms with van der Waals surface area (Å²) < 4.78 is 60.4. The average molecular weight is 637 g/mol. The summed E-state index contributed by atoms with van der Waals surface area (Å²) in [5.74, 6) is -1.61. The Morgan fingerprint density at radius 3 is 2.52 bits per heavy atom. The molecule has 2 atom stereocenters. The van der Waals surface area contributed by atoms with Crippen LogP contribution >= 0.6 is 11.6 Å². The highest BCUT2D eigenvalue weighted by molar-refractivity contribution is 7.89. The van der Waals surface area contributed by atoms with Gasteiger partial charge in [0.15, 0.2) is 0 Å². The Hall–Kier alpha value is -2.87. The second-order valence-corrected chi connectivity index (χ2v) is 13.8. The Morgan fingerprint density at radius 1 is 1.12 bits per heavy atom. The molecule has 0 unspecified atom stereocenters. The number of sulfonamides is 1. The first-order chi connectivity index (χ1) is 19.8. The van der Waals surface area contributed by atoms with Crippen molar-refractivity contribution >= 4 is 37.6 Å². The van der Waals surface area contributed by atoms with Crippen LogP contribution in [-0.4, -0.2) is 61.5 Å². The van der Waals surface area contributed by atoms with E-state index in [9.17, 15) is 21.6 Å². The molecule has 0 spiro atoms. The molecular weight excluding hydrogens is 600 g/mol. The number of amides is 1. The van der Waals surface area contributed by atoms with Crippen molar-refractivity contribution in [3.63, 3.8) is 0 Å². The molecule has 1 aromatic heterocycles. The van der Waals surface area contributed by atoms with Gasteiger partial charge >= 0.3 is 0 Å². The Bertz CT molecular complexity index is 1620. The summed E-state index contributed by atoms with van der Waals surface area (Å²) in [7, 11) is -8.39. The van der Waals surface area contributed by atoms with E-state index >= 15 is 0 Å². The number of unbranched alkanes of at least 4 members (excludes halogenated alkanes) is 1. The van der Waals surface area contributed by atoms with Crippen LogP contribution in [0.1, 0.15) is 49.4 Å². The normalized spacial score (nSPS) is 13.6. The molecule has 0 aliphatic heterocycles. The summed E-state index contributed by atoms with van der Waals surface area (Å²) in [5, 5.41) is 2.88. The number of rotatable bonds is 14. The van der Waals surface area contributed by atoms with E-state index in [2.05, 4.69) is 17.2 Å². The number of carbonyl (C=O) groups excluding carboxylic acids is 1. The Balaban J connectivity index is 1.86. The zero-order valence-corrected chi connectivity index (χ0v) is 26.2. The third-order valence-electron chi connectivity index (χ3n) is 7.03. The van der Waals surface area contributed by atoms with Crippen molar-refractivity contribution in [2.45, 2.75) is 57.0 Å². The molecule has 3 aromatic rings. The monoisotopic (exact) mass is 636 g/mol. The molecule has 0 saturated heterocycles. The molecule has 2 aromatic carbocycles. The fraction of sp³-hybridized carbons (Fsp3) is 0.379. The Labute approximate surface area is 253 Å². The number of nitrogens with two attached hydrogens (primary N) is 1. The first-order valence-electron chi connectivity index (χ1n) is 13.5. The lowest BCUT2D eigenvalue weighted by molar-refractivity contribution is -0.121. The molecule has 0 aliphatic carbocycles. The minimum atomic E-state index is -4.40. The average Bonchev–Trinajstić information content (AvgIpc) is 2.94. The fourth-order valence-corrected chi connectivity index (χ4v) is 7.42. The van der Waals surface area contributed by atoms with Crippen molar-refractivity contribution in [1.29, 1.82) is 0 Å². The van der Waals surface area contributed by atoms with Gasteiger partial charge in [-0.25, -0.2) is 8.42 Å². The third-order valence-corrected chi connectivity index (χ3v) is 10.3. The molecule has 1 heterocycles. The quantitative estimate of drug-likeness (QED) is 0.176. The van der Waals surface area contributed by atoms with Gasteiger partial charge in [0.05, 0.1) is 10.6 Å². The van der Waals surface area contributed by atoms with Crippen LogP contribution in [0.25, 0.3) is 11.1 Å². The van der Waals surface area contributed by atoms with Gasteiger partial charge in [-0.3, -0.25) is 14.3 Å². The first kappa shape index (κ1) is 33.6. The maximum atomic E-state index is 14.1. The van der Waals surface area contributed by atoms with Gasteiger partial charge in [-0.05, 0) is 85.2 Å². The molecule has 0 fully saturated rings. The summed E-state index contributed by atoms with van der Waals surface area (Å²) in [5.41, 5.74) is 9.87. The molecule has 4 N–H and O–H groups in total. The predicted octanol–water partition coefficient (Wildman–Crippen LogP) is 4.14. The molecule has 0 aliphatic rings. The second kappa shape index (κ2) is 14.5. The molecule has 0 radical (unpaired) electrons. The zero-order valence-electron chi connectivity index (χ0n) is 23.8. The van der Waals surface area contributed by atoms with Gasteiger partial charge in [0.1, 0.15) is 6.04 Å². The van der Waals surface area contributed by atoms with Crippen molar-refractivity contribution in [2.75, 3.05) is 18.8 Å². The van der Waals surface area contributed by atoms with E-state index in [0.29, 0.717) is 23.4 Å². The molecular formula is C29H37ClN4O6S2. The number of nitrogens with zero attached hydrogens (tertiary/aromatic N) is 2. The largest absolute Gasteiger partial charge is 0.355 e. The molecule has 13 heteroatoms. The van der Waals surface area contributed by atoms with Crippen LogP contribution in [0.3, 0.4) is 0 Å². The number of benzene rings is 2. The van der Waals surface area contributed by atoms with E-state index in [4.69, 9.17) is 21.9 Å². The van der Waals surface area contributed by atoms with Crippen LogP contribution in [0.15, 0.2) is 65.8 Å². The summed E-state index contributed by atoms with van der Waals surface area (Å²) in [6.45, 7) is 5.84. The van der Waals surface area contributed by atoms with Crippen LogP contribution in [0.4, 0.5) is 0 Å². The SMILES string of the molecule is CCc1cnccc1-c1cccc([C@H](C)N(CCCCNC(=O)[C@@H](N)CS(=O)(=O)O)S(=O)(=O)c2cccc(Cl)c2C)c1. The highest BCUT2D eigenvalue weighted by atomic mass is 35.5. The van der Waals surface area contributed by atoms with E-state index in [1.807, 2.05) is 43.5 Å². The van der Waals surface area contributed by atoms with Crippen LogP contribution in [0.5, 0.6) is 0 Å². The third kappa shape index (κ3) is 8.59. The minimum absolute atomic E-state index is 0.116. The number of aryl methyl sites for hydroxylation is 1. The number of aromatic nitrogens is 1. The number of hydrogen-bond acceptors (Lipinski definition) is 7. The maximum Gasteiger partial charge on any atom is 0.266 e. The summed E-state index contributed by atoms with van der Waals surface area (Å²) in [6.07, 6.45) is 5.15. The lowest BCUT2D eigenvalue weighted by atomic mass is 9.97. The van der Waals surface area contributed by atoms with Crippen molar-refractivity contribution in [3.8, 4) is 11.1 Å². The highest BCUT2D eigenvalue weighted by Gasteiger charge is 2.31. The lowest BCUT2D eigenvalue weighted by Gasteiger charge is -2.30. The van der Waals surface area contributed by atoms with E-state index < -0.39 is 43.9 Å². The molecule has 3 rings (SSSR count). The molecule has 10 nitrogen and oxygen atoms in total. The number of carbonyl (C=O) groups is 1. The first-order valence-corrected chi connectivity index (χ1v) is 17.0. The highest BCUT2D eigenvalue weighted by Crippen LogP contribution is 2.33. The number of hydrogen-bond donors (Lipinski definition) is 3.